The van der Waals surface area contributed by atoms with Gasteiger partial charge < -0.3 is 10.7 Å². The molecule has 0 aliphatic rings. The quantitative estimate of drug-likeness (QED) is 0.559. The van der Waals surface area contributed by atoms with Crippen molar-refractivity contribution in [1.29, 1.82) is 0 Å². The van der Waals surface area contributed by atoms with Crippen LogP contribution < -0.4 is 5.73 Å². The van der Waals surface area contributed by atoms with Gasteiger partial charge in [0.15, 0.2) is 0 Å². The first kappa shape index (κ1) is 18.5. The van der Waals surface area contributed by atoms with Crippen molar-refractivity contribution in [2.45, 2.75) is 39.3 Å². The van der Waals surface area contributed by atoms with E-state index in [2.05, 4.69) is 4.98 Å². The van der Waals surface area contributed by atoms with E-state index >= 15 is 0 Å². The summed E-state index contributed by atoms with van der Waals surface area (Å²) in [5, 5.41) is 1.04. The molecule has 0 atom stereocenters. The first-order chi connectivity index (χ1) is 12.3. The van der Waals surface area contributed by atoms with Crippen LogP contribution in [0.3, 0.4) is 0 Å². The summed E-state index contributed by atoms with van der Waals surface area (Å²) in [7, 11) is 0. The zero-order valence-corrected chi connectivity index (χ0v) is 15.0. The molecule has 0 aliphatic carbocycles. The van der Waals surface area contributed by atoms with Gasteiger partial charge in [0.1, 0.15) is 0 Å². The zero-order chi connectivity index (χ0) is 18.9. The molecular weight excluding hydrogens is 337 g/mol. The summed E-state index contributed by atoms with van der Waals surface area (Å²) < 4.78 is 40.7. The number of aromatic amines is 1. The first-order valence-electron chi connectivity index (χ1n) is 8.82. The predicted octanol–water partition coefficient (Wildman–Crippen LogP) is 5.75. The number of halogens is 3. The van der Waals surface area contributed by atoms with E-state index in [1.165, 1.54) is 6.07 Å². The largest absolute Gasteiger partial charge is 0.417 e. The zero-order valence-electron chi connectivity index (χ0n) is 15.0. The second-order valence-electron chi connectivity index (χ2n) is 6.72. The lowest BCUT2D eigenvalue weighted by atomic mass is 9.95. The molecular formula is C21H23F3N2. The molecule has 5 heteroatoms. The van der Waals surface area contributed by atoms with E-state index in [1.54, 1.807) is 12.1 Å². The summed E-state index contributed by atoms with van der Waals surface area (Å²) in [5.74, 6) is 0. The molecule has 2 aromatic carbocycles. The van der Waals surface area contributed by atoms with E-state index in [-0.39, 0.29) is 5.56 Å². The number of alkyl halides is 3. The molecule has 0 fully saturated rings. The molecule has 0 unspecified atom stereocenters. The van der Waals surface area contributed by atoms with Crippen LogP contribution in [-0.2, 0) is 12.6 Å². The van der Waals surface area contributed by atoms with Crippen LogP contribution in [0.4, 0.5) is 13.2 Å². The van der Waals surface area contributed by atoms with Gasteiger partial charge >= 0.3 is 6.18 Å². The maximum atomic E-state index is 13.6. The summed E-state index contributed by atoms with van der Waals surface area (Å²) in [5.41, 5.74) is 9.74. The molecule has 3 rings (SSSR count). The summed E-state index contributed by atoms with van der Waals surface area (Å²) in [6.07, 6.45) is -2.01. The average Bonchev–Trinajstić information content (AvgIpc) is 2.98. The number of nitrogens with one attached hydrogen (secondary N) is 1. The molecule has 3 aromatic rings. The molecule has 0 radical (unpaired) electrons. The molecule has 138 valence electrons. The Kier molecular flexibility index (Phi) is 5.10. The standard InChI is InChI=1S/C21H23F3N2/c1-13-10-11-14(2)19-18(13)16(8-5-6-12-25)20(26-19)15-7-3-4-9-17(15)21(22,23)24/h3-4,7,9-11,26H,5-6,8,12,25H2,1-2H3. The fourth-order valence-corrected chi connectivity index (χ4v) is 3.56. The van der Waals surface area contributed by atoms with E-state index in [1.807, 2.05) is 26.0 Å². The topological polar surface area (TPSA) is 41.8 Å². The Labute approximate surface area is 151 Å². The molecule has 26 heavy (non-hydrogen) atoms. The monoisotopic (exact) mass is 360 g/mol. The minimum Gasteiger partial charge on any atom is -0.354 e. The Morgan fingerprint density at radius 3 is 2.35 bits per heavy atom. The van der Waals surface area contributed by atoms with Gasteiger partial charge in [-0.3, -0.25) is 0 Å². The number of H-pyrrole nitrogens is 1. The highest BCUT2D eigenvalue weighted by atomic mass is 19.4. The molecule has 0 saturated carbocycles. The first-order valence-corrected chi connectivity index (χ1v) is 8.82. The van der Waals surface area contributed by atoms with Gasteiger partial charge in [-0.2, -0.15) is 13.2 Å². The number of aryl methyl sites for hydroxylation is 3. The highest BCUT2D eigenvalue weighted by molar-refractivity contribution is 5.95. The van der Waals surface area contributed by atoms with Gasteiger partial charge in [0.25, 0.3) is 0 Å². The maximum Gasteiger partial charge on any atom is 0.417 e. The van der Waals surface area contributed by atoms with E-state index < -0.39 is 11.7 Å². The highest BCUT2D eigenvalue weighted by Crippen LogP contribution is 2.41. The van der Waals surface area contributed by atoms with Gasteiger partial charge in [-0.1, -0.05) is 30.3 Å². The van der Waals surface area contributed by atoms with Gasteiger partial charge in [0, 0.05) is 16.5 Å². The van der Waals surface area contributed by atoms with Crippen molar-refractivity contribution >= 4 is 10.9 Å². The van der Waals surface area contributed by atoms with Crippen molar-refractivity contribution in [2.24, 2.45) is 5.73 Å². The lowest BCUT2D eigenvalue weighted by Crippen LogP contribution is -2.07. The molecule has 3 N–H and O–H groups in total. The molecule has 2 nitrogen and oxygen atoms in total. The molecule has 0 bridgehead atoms. The van der Waals surface area contributed by atoms with Crippen LogP contribution in [0.15, 0.2) is 36.4 Å². The number of aromatic nitrogens is 1. The summed E-state index contributed by atoms with van der Waals surface area (Å²) in [6, 6.07) is 9.79. The molecule has 0 spiro atoms. The van der Waals surface area contributed by atoms with Crippen LogP contribution >= 0.6 is 0 Å². The van der Waals surface area contributed by atoms with Crippen molar-refractivity contribution in [3.05, 3.63) is 58.7 Å². The van der Waals surface area contributed by atoms with Crippen molar-refractivity contribution < 1.29 is 13.2 Å². The average molecular weight is 360 g/mol. The third-order valence-electron chi connectivity index (χ3n) is 4.86. The highest BCUT2D eigenvalue weighted by Gasteiger charge is 2.34. The van der Waals surface area contributed by atoms with Crippen LogP contribution in [0.25, 0.3) is 22.2 Å². The van der Waals surface area contributed by atoms with Crippen LogP contribution in [0.5, 0.6) is 0 Å². The molecule has 0 saturated heterocycles. The summed E-state index contributed by atoms with van der Waals surface area (Å²) in [4.78, 5) is 3.30. The normalized spacial score (nSPS) is 12.1. The van der Waals surface area contributed by atoms with Crippen LogP contribution in [-0.4, -0.2) is 11.5 Å². The Hall–Kier alpha value is -2.27. The third kappa shape index (κ3) is 3.36. The molecule has 0 amide bonds. The number of fused-ring (bicyclic) bond motifs is 1. The number of rotatable bonds is 5. The Morgan fingerprint density at radius 2 is 1.65 bits per heavy atom. The second kappa shape index (κ2) is 7.16. The Balaban J connectivity index is 2.28. The number of benzene rings is 2. The number of hydrogen-bond donors (Lipinski definition) is 2. The van der Waals surface area contributed by atoms with Gasteiger partial charge in [0.2, 0.25) is 0 Å². The third-order valence-corrected chi connectivity index (χ3v) is 4.86. The van der Waals surface area contributed by atoms with Gasteiger partial charge in [-0.05, 0) is 62.4 Å². The van der Waals surface area contributed by atoms with Gasteiger partial charge in [-0.25, -0.2) is 0 Å². The fraction of sp³-hybridized carbons (Fsp3) is 0.333. The number of hydrogen-bond acceptors (Lipinski definition) is 1. The van der Waals surface area contributed by atoms with Crippen molar-refractivity contribution in [1.82, 2.24) is 4.98 Å². The fourth-order valence-electron chi connectivity index (χ4n) is 3.56. The lowest BCUT2D eigenvalue weighted by molar-refractivity contribution is -0.137. The molecule has 0 aliphatic heterocycles. The van der Waals surface area contributed by atoms with Crippen LogP contribution in [0.2, 0.25) is 0 Å². The van der Waals surface area contributed by atoms with E-state index in [0.717, 1.165) is 46.5 Å². The summed E-state index contributed by atoms with van der Waals surface area (Å²) >= 11 is 0. The summed E-state index contributed by atoms with van der Waals surface area (Å²) in [6.45, 7) is 4.55. The van der Waals surface area contributed by atoms with E-state index in [0.29, 0.717) is 18.7 Å². The van der Waals surface area contributed by atoms with E-state index in [9.17, 15) is 13.2 Å². The SMILES string of the molecule is Cc1ccc(C)c2c(CCCCN)c(-c3ccccc3C(F)(F)F)[nH]c12. The van der Waals surface area contributed by atoms with Gasteiger partial charge in [0.05, 0.1) is 11.3 Å². The van der Waals surface area contributed by atoms with E-state index in [4.69, 9.17) is 5.73 Å². The second-order valence-corrected chi connectivity index (χ2v) is 6.72. The smallest absolute Gasteiger partial charge is 0.354 e. The molecule has 1 heterocycles. The number of nitrogens with two attached hydrogens (primary N) is 1. The number of unbranched alkanes of at least 4 members (excludes halogenated alkanes) is 1. The predicted molar refractivity (Wildman–Crippen MR) is 100 cm³/mol. The Bertz CT molecular complexity index is 923. The van der Waals surface area contributed by atoms with Crippen molar-refractivity contribution in [2.75, 3.05) is 6.54 Å². The van der Waals surface area contributed by atoms with Crippen molar-refractivity contribution in [3.63, 3.8) is 0 Å². The maximum absolute atomic E-state index is 13.6. The van der Waals surface area contributed by atoms with Crippen molar-refractivity contribution in [3.8, 4) is 11.3 Å². The minimum atomic E-state index is -4.40. The lowest BCUT2D eigenvalue weighted by Gasteiger charge is -2.13. The van der Waals surface area contributed by atoms with Gasteiger partial charge in [-0.15, -0.1) is 0 Å². The Morgan fingerprint density at radius 1 is 0.962 bits per heavy atom. The molecule has 1 aromatic heterocycles. The van der Waals surface area contributed by atoms with Crippen LogP contribution in [0.1, 0.15) is 35.1 Å². The van der Waals surface area contributed by atoms with Crippen LogP contribution in [0, 0.1) is 13.8 Å². The minimum absolute atomic E-state index is 0.206.